The molecule has 0 unspecified atom stereocenters. The second-order valence-electron chi connectivity index (χ2n) is 5.09. The van der Waals surface area contributed by atoms with Gasteiger partial charge < -0.3 is 11.1 Å². The number of hydrogen-bond donors (Lipinski definition) is 2. The Morgan fingerprint density at radius 1 is 1.45 bits per heavy atom. The Morgan fingerprint density at radius 2 is 2.15 bits per heavy atom. The Morgan fingerprint density at radius 3 is 2.65 bits per heavy atom. The lowest BCUT2D eigenvalue weighted by molar-refractivity contribution is -0.116. The van der Waals surface area contributed by atoms with Gasteiger partial charge in [-0.1, -0.05) is 0 Å². The van der Waals surface area contributed by atoms with Crippen LogP contribution >= 0.6 is 0 Å². The van der Waals surface area contributed by atoms with Gasteiger partial charge in [0.2, 0.25) is 5.91 Å². The molecule has 2 aromatic heterocycles. The first-order valence-electron chi connectivity index (χ1n) is 6.52. The van der Waals surface area contributed by atoms with E-state index in [-0.39, 0.29) is 18.5 Å². The maximum atomic E-state index is 12.0. The fraction of sp³-hybridized carbons (Fsp3) is 0.462. The molecule has 0 bridgehead atoms. The number of hydrogen-bond acceptors (Lipinski definition) is 4. The minimum absolute atomic E-state index is 0.136. The summed E-state index contributed by atoms with van der Waals surface area (Å²) in [5.74, 6) is -0.154. The molecule has 1 amide bonds. The fourth-order valence-corrected chi connectivity index (χ4v) is 1.89. The summed E-state index contributed by atoms with van der Waals surface area (Å²) < 4.78 is 3.39. The molecule has 0 aliphatic carbocycles. The summed E-state index contributed by atoms with van der Waals surface area (Å²) in [5, 5.41) is 11.2. The lowest BCUT2D eigenvalue weighted by Gasteiger charge is -2.05. The molecule has 20 heavy (non-hydrogen) atoms. The molecule has 7 heteroatoms. The third kappa shape index (κ3) is 2.81. The van der Waals surface area contributed by atoms with E-state index in [0.29, 0.717) is 11.4 Å². The average Bonchev–Trinajstić information content (AvgIpc) is 2.92. The van der Waals surface area contributed by atoms with Crippen LogP contribution in [0.4, 0.5) is 11.4 Å². The Kier molecular flexibility index (Phi) is 3.78. The molecule has 0 aliphatic rings. The largest absolute Gasteiger partial charge is 0.396 e. The van der Waals surface area contributed by atoms with E-state index < -0.39 is 0 Å². The fourth-order valence-electron chi connectivity index (χ4n) is 1.89. The number of nitrogen functional groups attached to an aromatic ring is 1. The molecule has 0 saturated heterocycles. The molecule has 0 saturated carbocycles. The number of carbonyl (C=O) groups is 1. The van der Waals surface area contributed by atoms with Gasteiger partial charge in [-0.2, -0.15) is 10.2 Å². The molecular formula is C13H20N6O. The summed E-state index contributed by atoms with van der Waals surface area (Å²) in [6.45, 7) is 7.86. The monoisotopic (exact) mass is 276 g/mol. The van der Waals surface area contributed by atoms with Gasteiger partial charge in [0.25, 0.3) is 0 Å². The van der Waals surface area contributed by atoms with Crippen LogP contribution in [-0.2, 0) is 11.3 Å². The number of aryl methyl sites for hydroxylation is 1. The van der Waals surface area contributed by atoms with E-state index in [9.17, 15) is 4.79 Å². The van der Waals surface area contributed by atoms with Gasteiger partial charge in [0.1, 0.15) is 6.54 Å². The first-order chi connectivity index (χ1) is 9.38. The maximum Gasteiger partial charge on any atom is 0.246 e. The Hall–Kier alpha value is -2.31. The van der Waals surface area contributed by atoms with Crippen molar-refractivity contribution in [3.63, 3.8) is 0 Å². The third-order valence-electron chi connectivity index (χ3n) is 3.15. The van der Waals surface area contributed by atoms with E-state index in [2.05, 4.69) is 15.5 Å². The molecule has 108 valence electrons. The molecule has 0 aliphatic heterocycles. The van der Waals surface area contributed by atoms with E-state index in [0.717, 1.165) is 11.4 Å². The number of anilines is 2. The molecule has 0 radical (unpaired) electrons. The van der Waals surface area contributed by atoms with Crippen molar-refractivity contribution in [2.45, 2.75) is 40.3 Å². The highest BCUT2D eigenvalue weighted by molar-refractivity contribution is 5.90. The van der Waals surface area contributed by atoms with E-state index in [4.69, 9.17) is 5.73 Å². The van der Waals surface area contributed by atoms with E-state index >= 15 is 0 Å². The number of amides is 1. The summed E-state index contributed by atoms with van der Waals surface area (Å²) in [6.07, 6.45) is 3.44. The van der Waals surface area contributed by atoms with Gasteiger partial charge in [0, 0.05) is 12.2 Å². The van der Waals surface area contributed by atoms with Gasteiger partial charge in [-0.15, -0.1) is 0 Å². The first-order valence-corrected chi connectivity index (χ1v) is 6.52. The Labute approximate surface area is 117 Å². The van der Waals surface area contributed by atoms with Gasteiger partial charge in [-0.05, 0) is 27.7 Å². The predicted octanol–water partition coefficient (Wildman–Crippen LogP) is 1.50. The molecule has 0 aromatic carbocycles. The van der Waals surface area contributed by atoms with Crippen molar-refractivity contribution in [3.8, 4) is 0 Å². The van der Waals surface area contributed by atoms with Gasteiger partial charge in [-0.3, -0.25) is 14.2 Å². The summed E-state index contributed by atoms with van der Waals surface area (Å²) in [4.78, 5) is 12.0. The van der Waals surface area contributed by atoms with E-state index in [1.54, 1.807) is 21.8 Å². The maximum absolute atomic E-state index is 12.0. The SMILES string of the molecule is Cc1nn(CC(=O)Nc2cnn(C(C)C)c2)c(C)c1N. The van der Waals surface area contributed by atoms with Crippen LogP contribution in [0.15, 0.2) is 12.4 Å². The van der Waals surface area contributed by atoms with E-state index in [1.807, 2.05) is 27.7 Å². The molecule has 0 atom stereocenters. The highest BCUT2D eigenvalue weighted by Gasteiger charge is 2.12. The standard InChI is InChI=1S/C13H20N6O/c1-8(2)18-6-11(5-15-18)16-12(20)7-19-10(4)13(14)9(3)17-19/h5-6,8H,7,14H2,1-4H3,(H,16,20). The van der Waals surface area contributed by atoms with Crippen LogP contribution in [0.25, 0.3) is 0 Å². The van der Waals surface area contributed by atoms with Crippen molar-refractivity contribution in [2.24, 2.45) is 0 Å². The van der Waals surface area contributed by atoms with E-state index in [1.165, 1.54) is 0 Å². The number of carbonyl (C=O) groups excluding carboxylic acids is 1. The van der Waals surface area contributed by atoms with Crippen LogP contribution in [-0.4, -0.2) is 25.5 Å². The second-order valence-corrected chi connectivity index (χ2v) is 5.09. The zero-order valence-electron chi connectivity index (χ0n) is 12.2. The van der Waals surface area contributed by atoms with Gasteiger partial charge in [0.05, 0.1) is 29.0 Å². The highest BCUT2D eigenvalue weighted by atomic mass is 16.2. The smallest absolute Gasteiger partial charge is 0.246 e. The molecule has 7 nitrogen and oxygen atoms in total. The molecular weight excluding hydrogens is 256 g/mol. The van der Waals surface area contributed by atoms with Gasteiger partial charge in [0.15, 0.2) is 0 Å². The van der Waals surface area contributed by atoms with Crippen LogP contribution in [0.1, 0.15) is 31.3 Å². The van der Waals surface area contributed by atoms with Crippen LogP contribution in [0.2, 0.25) is 0 Å². The number of rotatable bonds is 4. The average molecular weight is 276 g/mol. The van der Waals surface area contributed by atoms with Crippen molar-refractivity contribution in [2.75, 3.05) is 11.1 Å². The van der Waals surface area contributed by atoms with Crippen LogP contribution in [0, 0.1) is 13.8 Å². The summed E-state index contributed by atoms with van der Waals surface area (Å²) in [5.41, 5.74) is 8.69. The lowest BCUT2D eigenvalue weighted by Crippen LogP contribution is -2.20. The number of aromatic nitrogens is 4. The summed E-state index contributed by atoms with van der Waals surface area (Å²) in [6, 6.07) is 0.261. The third-order valence-corrected chi connectivity index (χ3v) is 3.15. The Balaban J connectivity index is 2.03. The molecule has 2 heterocycles. The van der Waals surface area contributed by atoms with Crippen molar-refractivity contribution in [1.82, 2.24) is 19.6 Å². The number of nitrogens with zero attached hydrogens (tertiary/aromatic N) is 4. The minimum Gasteiger partial charge on any atom is -0.396 e. The summed E-state index contributed by atoms with van der Waals surface area (Å²) >= 11 is 0. The molecule has 0 spiro atoms. The number of nitrogens with one attached hydrogen (secondary N) is 1. The molecule has 2 aromatic rings. The molecule has 2 rings (SSSR count). The zero-order chi connectivity index (χ0) is 14.9. The summed E-state index contributed by atoms with van der Waals surface area (Å²) in [7, 11) is 0. The number of nitrogens with two attached hydrogens (primary N) is 1. The molecule has 3 N–H and O–H groups in total. The van der Waals surface area contributed by atoms with Gasteiger partial charge >= 0.3 is 0 Å². The second kappa shape index (κ2) is 5.36. The predicted molar refractivity (Wildman–Crippen MR) is 77.4 cm³/mol. The van der Waals surface area contributed by atoms with Crippen molar-refractivity contribution < 1.29 is 4.79 Å². The lowest BCUT2D eigenvalue weighted by atomic mass is 10.3. The van der Waals surface area contributed by atoms with Gasteiger partial charge in [-0.25, -0.2) is 0 Å². The van der Waals surface area contributed by atoms with Crippen LogP contribution < -0.4 is 11.1 Å². The van der Waals surface area contributed by atoms with Crippen LogP contribution in [0.5, 0.6) is 0 Å². The minimum atomic E-state index is -0.154. The highest BCUT2D eigenvalue weighted by Crippen LogP contribution is 2.15. The normalized spacial score (nSPS) is 11.1. The van der Waals surface area contributed by atoms with Crippen molar-refractivity contribution in [3.05, 3.63) is 23.8 Å². The first kappa shape index (κ1) is 14.1. The quantitative estimate of drug-likeness (QED) is 0.885. The van der Waals surface area contributed by atoms with Crippen LogP contribution in [0.3, 0.4) is 0 Å². The van der Waals surface area contributed by atoms with Crippen molar-refractivity contribution in [1.29, 1.82) is 0 Å². The van der Waals surface area contributed by atoms with Crippen molar-refractivity contribution >= 4 is 17.3 Å². The topological polar surface area (TPSA) is 90.8 Å². The Bertz CT molecular complexity index is 625. The molecule has 0 fully saturated rings. The zero-order valence-corrected chi connectivity index (χ0v) is 12.2.